The topological polar surface area (TPSA) is 30.0 Å². The van der Waals surface area contributed by atoms with Crippen molar-refractivity contribution in [3.63, 3.8) is 0 Å². The highest BCUT2D eigenvalue weighted by Gasteiger charge is 2.07. The second-order valence-electron chi connectivity index (χ2n) is 3.76. The summed E-state index contributed by atoms with van der Waals surface area (Å²) in [7, 11) is 0. The van der Waals surface area contributed by atoms with Crippen LogP contribution in [-0.2, 0) is 11.2 Å². The van der Waals surface area contributed by atoms with Gasteiger partial charge in [0.1, 0.15) is 5.78 Å². The number of carbonyl (C=O) groups is 1. The third kappa shape index (κ3) is 5.12. The van der Waals surface area contributed by atoms with Gasteiger partial charge < -0.3 is 0 Å². The molecule has 0 spiro atoms. The van der Waals surface area contributed by atoms with E-state index in [1.165, 1.54) is 0 Å². The number of pyridine rings is 1. The van der Waals surface area contributed by atoms with Gasteiger partial charge in [0.05, 0.1) is 5.75 Å². The van der Waals surface area contributed by atoms with Crippen LogP contribution in [-0.4, -0.2) is 21.8 Å². The Labute approximate surface area is 109 Å². The molecule has 16 heavy (non-hydrogen) atoms. The van der Waals surface area contributed by atoms with E-state index in [-0.39, 0.29) is 5.78 Å². The number of Topliss-reactive ketones (excluding diaryl/α,β-unsaturated/α-hetero) is 1. The van der Waals surface area contributed by atoms with Gasteiger partial charge in [0.15, 0.2) is 0 Å². The molecule has 4 heteroatoms. The van der Waals surface area contributed by atoms with Crippen LogP contribution in [0.25, 0.3) is 0 Å². The predicted molar refractivity (Wildman–Crippen MR) is 72.9 cm³/mol. The number of ketones is 1. The Bertz CT molecular complexity index is 357. The molecule has 0 saturated carbocycles. The lowest BCUT2D eigenvalue weighted by Gasteiger charge is -2.07. The normalized spacial score (nSPS) is 12.4. The molecule has 0 aliphatic carbocycles. The molecule has 1 unspecified atom stereocenters. The van der Waals surface area contributed by atoms with Crippen LogP contribution in [0.5, 0.6) is 0 Å². The zero-order valence-corrected chi connectivity index (χ0v) is 12.0. The summed E-state index contributed by atoms with van der Waals surface area (Å²) in [5.74, 6) is 0.867. The van der Waals surface area contributed by atoms with E-state index in [4.69, 9.17) is 0 Å². The molecule has 0 amide bonds. The maximum Gasteiger partial charge on any atom is 0.147 e. The van der Waals surface area contributed by atoms with E-state index in [0.717, 1.165) is 16.5 Å². The van der Waals surface area contributed by atoms with Crippen LogP contribution >= 0.6 is 27.7 Å². The molecule has 0 aliphatic heterocycles. The molecule has 88 valence electrons. The van der Waals surface area contributed by atoms with Crippen molar-refractivity contribution in [2.24, 2.45) is 0 Å². The highest BCUT2D eigenvalue weighted by atomic mass is 79.9. The molecule has 0 aliphatic rings. The third-order valence-corrected chi connectivity index (χ3v) is 4.09. The summed E-state index contributed by atoms with van der Waals surface area (Å²) in [5, 5.41) is 0.560. The van der Waals surface area contributed by atoms with Crippen LogP contribution in [0, 0.1) is 0 Å². The van der Waals surface area contributed by atoms with Gasteiger partial charge in [0, 0.05) is 28.5 Å². The first-order valence-electron chi connectivity index (χ1n) is 5.34. The zero-order valence-electron chi connectivity index (χ0n) is 9.57. The number of rotatable bonds is 6. The first-order chi connectivity index (χ1) is 7.61. The largest absolute Gasteiger partial charge is 0.298 e. The molecule has 1 atom stereocenters. The Balaban J connectivity index is 2.40. The first kappa shape index (κ1) is 13.7. The second kappa shape index (κ2) is 7.07. The van der Waals surface area contributed by atoms with Gasteiger partial charge in [-0.3, -0.25) is 9.78 Å². The van der Waals surface area contributed by atoms with Crippen molar-refractivity contribution < 1.29 is 4.79 Å². The van der Waals surface area contributed by atoms with Crippen molar-refractivity contribution in [3.05, 3.63) is 28.5 Å². The minimum atomic E-state index is 0.269. The van der Waals surface area contributed by atoms with Crippen molar-refractivity contribution in [1.29, 1.82) is 0 Å². The van der Waals surface area contributed by atoms with Gasteiger partial charge in [0.2, 0.25) is 0 Å². The maximum atomic E-state index is 11.7. The van der Waals surface area contributed by atoms with Crippen LogP contribution in [0.15, 0.2) is 22.9 Å². The molecule has 1 rings (SSSR count). The monoisotopic (exact) mass is 301 g/mol. The van der Waals surface area contributed by atoms with Crippen LogP contribution in [0.3, 0.4) is 0 Å². The average Bonchev–Trinajstić information content (AvgIpc) is 2.26. The highest BCUT2D eigenvalue weighted by Crippen LogP contribution is 2.15. The third-order valence-electron chi connectivity index (χ3n) is 2.27. The molecule has 2 nitrogen and oxygen atoms in total. The number of halogens is 1. The van der Waals surface area contributed by atoms with Crippen molar-refractivity contribution in [3.8, 4) is 0 Å². The maximum absolute atomic E-state index is 11.7. The van der Waals surface area contributed by atoms with Gasteiger partial charge >= 0.3 is 0 Å². The highest BCUT2D eigenvalue weighted by molar-refractivity contribution is 9.10. The van der Waals surface area contributed by atoms with E-state index in [1.807, 2.05) is 6.07 Å². The molecule has 0 bridgehead atoms. The molecule has 0 radical (unpaired) electrons. The Morgan fingerprint density at radius 3 is 2.94 bits per heavy atom. The van der Waals surface area contributed by atoms with Gasteiger partial charge in [-0.2, -0.15) is 11.8 Å². The van der Waals surface area contributed by atoms with Crippen molar-refractivity contribution >= 4 is 33.5 Å². The van der Waals surface area contributed by atoms with Crippen LogP contribution in [0.1, 0.15) is 25.8 Å². The number of hydrogen-bond donors (Lipinski definition) is 0. The molecule has 0 fully saturated rings. The molecule has 0 saturated heterocycles. The van der Waals surface area contributed by atoms with Gasteiger partial charge in [-0.1, -0.05) is 13.8 Å². The molecule has 1 heterocycles. The summed E-state index contributed by atoms with van der Waals surface area (Å²) in [6.07, 6.45) is 5.06. The Morgan fingerprint density at radius 1 is 1.56 bits per heavy atom. The van der Waals surface area contributed by atoms with Gasteiger partial charge in [-0.15, -0.1) is 0 Å². The van der Waals surface area contributed by atoms with Crippen LogP contribution in [0.4, 0.5) is 0 Å². The average molecular weight is 302 g/mol. The lowest BCUT2D eigenvalue weighted by atomic mass is 10.2. The zero-order chi connectivity index (χ0) is 12.0. The van der Waals surface area contributed by atoms with E-state index in [1.54, 1.807) is 24.2 Å². The number of aromatic nitrogens is 1. The van der Waals surface area contributed by atoms with Gasteiger partial charge in [-0.05, 0) is 34.0 Å². The smallest absolute Gasteiger partial charge is 0.147 e. The number of thioether (sulfide) groups is 1. The Morgan fingerprint density at radius 2 is 2.31 bits per heavy atom. The molecule has 0 N–H and O–H groups in total. The lowest BCUT2D eigenvalue weighted by molar-refractivity contribution is -0.116. The SMILES string of the molecule is CCC(C)SCC(=O)Cc1cncc(Br)c1. The quantitative estimate of drug-likeness (QED) is 0.806. The number of carbonyl (C=O) groups excluding carboxylic acids is 1. The summed E-state index contributed by atoms with van der Waals surface area (Å²) >= 11 is 5.07. The van der Waals surface area contributed by atoms with Crippen LogP contribution in [0.2, 0.25) is 0 Å². The number of hydrogen-bond acceptors (Lipinski definition) is 3. The van der Waals surface area contributed by atoms with E-state index < -0.39 is 0 Å². The van der Waals surface area contributed by atoms with E-state index in [9.17, 15) is 4.79 Å². The minimum Gasteiger partial charge on any atom is -0.298 e. The minimum absolute atomic E-state index is 0.269. The van der Waals surface area contributed by atoms with Gasteiger partial charge in [-0.25, -0.2) is 0 Å². The first-order valence-corrected chi connectivity index (χ1v) is 7.18. The summed E-state index contributed by atoms with van der Waals surface area (Å²) in [4.78, 5) is 15.7. The molecular formula is C12H16BrNOS. The Hall–Kier alpha value is -0.350. The lowest BCUT2D eigenvalue weighted by Crippen LogP contribution is -2.08. The summed E-state index contributed by atoms with van der Waals surface area (Å²) in [6, 6.07) is 1.94. The van der Waals surface area contributed by atoms with Crippen LogP contribution < -0.4 is 0 Å². The summed E-state index contributed by atoms with van der Waals surface area (Å²) in [5.41, 5.74) is 0.976. The fraction of sp³-hybridized carbons (Fsp3) is 0.500. The van der Waals surface area contributed by atoms with Gasteiger partial charge in [0.25, 0.3) is 0 Å². The second-order valence-corrected chi connectivity index (χ2v) is 6.10. The molecule has 1 aromatic rings. The van der Waals surface area contributed by atoms with E-state index >= 15 is 0 Å². The fourth-order valence-electron chi connectivity index (χ4n) is 1.18. The fourth-order valence-corrected chi connectivity index (χ4v) is 2.40. The van der Waals surface area contributed by atoms with E-state index in [2.05, 4.69) is 34.8 Å². The number of nitrogens with zero attached hydrogens (tertiary/aromatic N) is 1. The van der Waals surface area contributed by atoms with Crippen molar-refractivity contribution in [1.82, 2.24) is 4.98 Å². The van der Waals surface area contributed by atoms with Crippen molar-refractivity contribution in [2.45, 2.75) is 31.9 Å². The standard InChI is InChI=1S/C12H16BrNOS/c1-3-9(2)16-8-12(15)5-10-4-11(13)7-14-6-10/h4,6-7,9H,3,5,8H2,1-2H3. The summed E-state index contributed by atoms with van der Waals surface area (Å²) in [6.45, 7) is 4.29. The van der Waals surface area contributed by atoms with E-state index in [0.29, 0.717) is 17.4 Å². The molecular weight excluding hydrogens is 286 g/mol. The summed E-state index contributed by atoms with van der Waals surface area (Å²) < 4.78 is 0.923. The van der Waals surface area contributed by atoms with Crippen molar-refractivity contribution in [2.75, 3.05) is 5.75 Å². The predicted octanol–water partition coefficient (Wildman–Crippen LogP) is 3.49. The molecule has 0 aromatic carbocycles. The Kier molecular flexibility index (Phi) is 6.06. The molecule has 1 aromatic heterocycles.